The highest BCUT2D eigenvalue weighted by Crippen LogP contribution is 2.08. The van der Waals surface area contributed by atoms with Crippen molar-refractivity contribution in [3.63, 3.8) is 0 Å². The first-order valence-electron chi connectivity index (χ1n) is 4.33. The molecule has 0 bridgehead atoms. The molecule has 0 aliphatic carbocycles. The van der Waals surface area contributed by atoms with Crippen molar-refractivity contribution in [2.24, 2.45) is 5.92 Å². The van der Waals surface area contributed by atoms with Gasteiger partial charge < -0.3 is 10.6 Å². The molecule has 1 heterocycles. The lowest BCUT2D eigenvalue weighted by Crippen LogP contribution is -2.40. The Morgan fingerprint density at radius 1 is 1.73 bits per heavy atom. The first-order chi connectivity index (χ1) is 5.34. The van der Waals surface area contributed by atoms with E-state index in [0.29, 0.717) is 0 Å². The van der Waals surface area contributed by atoms with Crippen LogP contribution in [0.25, 0.3) is 0 Å². The summed E-state index contributed by atoms with van der Waals surface area (Å²) in [7, 11) is 0. The van der Waals surface area contributed by atoms with Gasteiger partial charge in [-0.1, -0.05) is 0 Å². The number of hydrogen-bond donors (Lipinski definition) is 2. The maximum Gasteiger partial charge on any atom is 0.224 e. The zero-order chi connectivity index (χ0) is 8.10. The fourth-order valence-electron chi connectivity index (χ4n) is 1.39. The maximum absolute atomic E-state index is 11.2. The lowest BCUT2D eigenvalue weighted by molar-refractivity contribution is -0.125. The third kappa shape index (κ3) is 2.50. The average Bonchev–Trinajstić information content (AvgIpc) is 2.07. The number of carbonyl (C=O) groups excluding carboxylic acids is 1. The maximum atomic E-state index is 11.2. The quantitative estimate of drug-likeness (QED) is 0.596. The van der Waals surface area contributed by atoms with Gasteiger partial charge in [-0.25, -0.2) is 0 Å². The summed E-state index contributed by atoms with van der Waals surface area (Å²) in [5, 5.41) is 6.05. The number of piperidine rings is 1. The molecule has 1 saturated heterocycles. The molecule has 11 heavy (non-hydrogen) atoms. The smallest absolute Gasteiger partial charge is 0.224 e. The highest BCUT2D eigenvalue weighted by atomic mass is 16.1. The van der Waals surface area contributed by atoms with Gasteiger partial charge in [0, 0.05) is 13.1 Å². The summed E-state index contributed by atoms with van der Waals surface area (Å²) in [5.41, 5.74) is 0. The van der Waals surface area contributed by atoms with Crippen LogP contribution in [0.5, 0.6) is 0 Å². The topological polar surface area (TPSA) is 41.1 Å². The first-order valence-corrected chi connectivity index (χ1v) is 4.33. The Morgan fingerprint density at radius 2 is 2.55 bits per heavy atom. The van der Waals surface area contributed by atoms with Crippen LogP contribution >= 0.6 is 0 Å². The molecule has 0 saturated carbocycles. The van der Waals surface area contributed by atoms with Crippen LogP contribution in [-0.2, 0) is 4.79 Å². The van der Waals surface area contributed by atoms with Crippen molar-refractivity contribution in [3.8, 4) is 0 Å². The molecule has 1 atom stereocenters. The standard InChI is InChI=1S/C8H16N2O/c1-2-10-8(11)7-4-3-5-9-6-7/h7,9H,2-6H2,1H3,(H,10,11)/t7-/m0/s1. The SMILES string of the molecule is CCNC(=O)[C@H]1CCCNC1. The van der Waals surface area contributed by atoms with Crippen LogP contribution in [0.4, 0.5) is 0 Å². The van der Waals surface area contributed by atoms with E-state index in [1.165, 1.54) is 0 Å². The van der Waals surface area contributed by atoms with Crippen molar-refractivity contribution in [1.82, 2.24) is 10.6 Å². The van der Waals surface area contributed by atoms with Gasteiger partial charge in [-0.05, 0) is 26.3 Å². The molecule has 0 aromatic heterocycles. The van der Waals surface area contributed by atoms with Gasteiger partial charge in [-0.3, -0.25) is 4.79 Å². The molecule has 2 N–H and O–H groups in total. The Morgan fingerprint density at radius 3 is 3.09 bits per heavy atom. The van der Waals surface area contributed by atoms with Gasteiger partial charge in [0.2, 0.25) is 5.91 Å². The van der Waals surface area contributed by atoms with Crippen molar-refractivity contribution in [2.45, 2.75) is 19.8 Å². The molecule has 0 radical (unpaired) electrons. The predicted octanol–water partition coefficient (Wildman–Crippen LogP) is 0.122. The Balaban J connectivity index is 2.27. The molecule has 1 amide bonds. The van der Waals surface area contributed by atoms with Crippen LogP contribution in [0.1, 0.15) is 19.8 Å². The van der Waals surface area contributed by atoms with E-state index in [4.69, 9.17) is 0 Å². The van der Waals surface area contributed by atoms with E-state index in [9.17, 15) is 4.79 Å². The zero-order valence-corrected chi connectivity index (χ0v) is 7.02. The summed E-state index contributed by atoms with van der Waals surface area (Å²) in [6.45, 7) is 4.62. The van der Waals surface area contributed by atoms with Gasteiger partial charge in [-0.15, -0.1) is 0 Å². The second-order valence-corrected chi connectivity index (χ2v) is 2.94. The van der Waals surface area contributed by atoms with Crippen molar-refractivity contribution >= 4 is 5.91 Å². The second-order valence-electron chi connectivity index (χ2n) is 2.94. The van der Waals surface area contributed by atoms with Crippen molar-refractivity contribution in [2.75, 3.05) is 19.6 Å². The van der Waals surface area contributed by atoms with Crippen molar-refractivity contribution in [3.05, 3.63) is 0 Å². The largest absolute Gasteiger partial charge is 0.356 e. The fraction of sp³-hybridized carbons (Fsp3) is 0.875. The lowest BCUT2D eigenvalue weighted by atomic mass is 9.99. The molecule has 64 valence electrons. The van der Waals surface area contributed by atoms with E-state index in [-0.39, 0.29) is 11.8 Å². The Hall–Kier alpha value is -0.570. The Kier molecular flexibility index (Phi) is 3.36. The van der Waals surface area contributed by atoms with Crippen LogP contribution in [0.15, 0.2) is 0 Å². The molecule has 3 nitrogen and oxygen atoms in total. The van der Waals surface area contributed by atoms with Crippen molar-refractivity contribution in [1.29, 1.82) is 0 Å². The lowest BCUT2D eigenvalue weighted by Gasteiger charge is -2.21. The van der Waals surface area contributed by atoms with E-state index >= 15 is 0 Å². The van der Waals surface area contributed by atoms with Crippen LogP contribution in [0.2, 0.25) is 0 Å². The Bertz CT molecular complexity index is 130. The van der Waals surface area contributed by atoms with Gasteiger partial charge in [-0.2, -0.15) is 0 Å². The zero-order valence-electron chi connectivity index (χ0n) is 7.02. The molecule has 0 aromatic rings. The van der Waals surface area contributed by atoms with Crippen LogP contribution in [0, 0.1) is 5.92 Å². The summed E-state index contributed by atoms with van der Waals surface area (Å²) >= 11 is 0. The van der Waals surface area contributed by atoms with Crippen LogP contribution in [-0.4, -0.2) is 25.5 Å². The van der Waals surface area contributed by atoms with Gasteiger partial charge >= 0.3 is 0 Å². The van der Waals surface area contributed by atoms with E-state index in [0.717, 1.165) is 32.5 Å². The molecule has 1 fully saturated rings. The minimum atomic E-state index is 0.208. The normalized spacial score (nSPS) is 24.6. The second kappa shape index (κ2) is 4.34. The van der Waals surface area contributed by atoms with E-state index < -0.39 is 0 Å². The average molecular weight is 156 g/mol. The molecular formula is C8H16N2O. The number of hydrogen-bond acceptors (Lipinski definition) is 2. The molecule has 0 unspecified atom stereocenters. The number of nitrogens with one attached hydrogen (secondary N) is 2. The van der Waals surface area contributed by atoms with Crippen LogP contribution < -0.4 is 10.6 Å². The highest BCUT2D eigenvalue weighted by molar-refractivity contribution is 5.78. The van der Waals surface area contributed by atoms with E-state index in [2.05, 4.69) is 10.6 Å². The number of carbonyl (C=O) groups is 1. The molecule has 1 aliphatic rings. The highest BCUT2D eigenvalue weighted by Gasteiger charge is 2.19. The third-order valence-electron chi connectivity index (χ3n) is 2.02. The summed E-state index contributed by atoms with van der Waals surface area (Å²) in [6.07, 6.45) is 2.17. The van der Waals surface area contributed by atoms with Gasteiger partial charge in [0.25, 0.3) is 0 Å². The van der Waals surface area contributed by atoms with E-state index in [1.807, 2.05) is 6.92 Å². The van der Waals surface area contributed by atoms with Gasteiger partial charge in [0.05, 0.1) is 5.92 Å². The number of rotatable bonds is 2. The molecule has 1 aliphatic heterocycles. The fourth-order valence-corrected chi connectivity index (χ4v) is 1.39. The van der Waals surface area contributed by atoms with Gasteiger partial charge in [0.1, 0.15) is 0 Å². The minimum absolute atomic E-state index is 0.208. The summed E-state index contributed by atoms with van der Waals surface area (Å²) in [4.78, 5) is 11.2. The Labute approximate surface area is 67.5 Å². The molecule has 0 aromatic carbocycles. The number of amides is 1. The van der Waals surface area contributed by atoms with E-state index in [1.54, 1.807) is 0 Å². The third-order valence-corrected chi connectivity index (χ3v) is 2.02. The molecule has 1 rings (SSSR count). The monoisotopic (exact) mass is 156 g/mol. The summed E-state index contributed by atoms with van der Waals surface area (Å²) in [6, 6.07) is 0. The molecule has 3 heteroatoms. The minimum Gasteiger partial charge on any atom is -0.356 e. The molecular weight excluding hydrogens is 140 g/mol. The summed E-state index contributed by atoms with van der Waals surface area (Å²) < 4.78 is 0. The van der Waals surface area contributed by atoms with Crippen LogP contribution in [0.3, 0.4) is 0 Å². The molecule has 0 spiro atoms. The summed E-state index contributed by atoms with van der Waals surface area (Å²) in [5.74, 6) is 0.420. The van der Waals surface area contributed by atoms with Gasteiger partial charge in [0.15, 0.2) is 0 Å². The van der Waals surface area contributed by atoms with Crippen molar-refractivity contribution < 1.29 is 4.79 Å². The first kappa shape index (κ1) is 8.53. The predicted molar refractivity (Wildman–Crippen MR) is 44.3 cm³/mol.